The van der Waals surface area contributed by atoms with Gasteiger partial charge in [0.25, 0.3) is 0 Å². The molecule has 1 unspecified atom stereocenters. The van der Waals surface area contributed by atoms with Crippen LogP contribution in [0.15, 0.2) is 45.7 Å². The van der Waals surface area contributed by atoms with Crippen LogP contribution in [0.5, 0.6) is 0 Å². The van der Waals surface area contributed by atoms with Crippen LogP contribution < -0.4 is 11.0 Å². The van der Waals surface area contributed by atoms with Gasteiger partial charge in [0.05, 0.1) is 21.5 Å². The molecule has 0 aliphatic carbocycles. The van der Waals surface area contributed by atoms with E-state index in [1.54, 1.807) is 12.1 Å². The Morgan fingerprint density at radius 3 is 2.48 bits per heavy atom. The van der Waals surface area contributed by atoms with E-state index in [2.05, 4.69) is 31.2 Å². The minimum atomic E-state index is -0.293. The number of aromatic amines is 2. The Hall–Kier alpha value is -1.92. The SMILES string of the molecule is CNC(c1ccc(F)c(Br)c1)c1ccc2[nH]c(=O)[nH]c2c1. The first-order valence-electron chi connectivity index (χ1n) is 6.42. The average molecular weight is 350 g/mol. The van der Waals surface area contributed by atoms with Crippen molar-refractivity contribution in [3.05, 3.63) is 68.3 Å². The summed E-state index contributed by atoms with van der Waals surface area (Å²) >= 11 is 3.20. The third-order valence-corrected chi connectivity index (χ3v) is 4.05. The highest BCUT2D eigenvalue weighted by Gasteiger charge is 2.14. The molecule has 4 nitrogen and oxygen atoms in total. The summed E-state index contributed by atoms with van der Waals surface area (Å²) in [7, 11) is 1.84. The van der Waals surface area contributed by atoms with E-state index in [0.717, 1.165) is 22.2 Å². The Bertz CT molecular complexity index is 855. The Morgan fingerprint density at radius 1 is 1.10 bits per heavy atom. The van der Waals surface area contributed by atoms with Crippen LogP contribution in [0, 0.1) is 5.82 Å². The monoisotopic (exact) mass is 349 g/mol. The first kappa shape index (κ1) is 14.0. The molecule has 6 heteroatoms. The molecule has 3 rings (SSSR count). The van der Waals surface area contributed by atoms with Gasteiger partial charge in [0, 0.05) is 0 Å². The second-order valence-corrected chi connectivity index (χ2v) is 5.63. The van der Waals surface area contributed by atoms with Crippen molar-refractivity contribution in [1.82, 2.24) is 15.3 Å². The van der Waals surface area contributed by atoms with Crippen LogP contribution >= 0.6 is 15.9 Å². The van der Waals surface area contributed by atoms with Gasteiger partial charge in [-0.1, -0.05) is 12.1 Å². The molecule has 3 aromatic rings. The Kier molecular flexibility index (Phi) is 3.65. The maximum Gasteiger partial charge on any atom is 0.323 e. The van der Waals surface area contributed by atoms with Crippen LogP contribution in [-0.2, 0) is 0 Å². The second kappa shape index (κ2) is 5.46. The number of rotatable bonds is 3. The zero-order valence-electron chi connectivity index (χ0n) is 11.2. The zero-order chi connectivity index (χ0) is 15.0. The minimum absolute atomic E-state index is 0.0929. The molecule has 0 spiro atoms. The number of imidazole rings is 1. The summed E-state index contributed by atoms with van der Waals surface area (Å²) in [5.74, 6) is -0.293. The van der Waals surface area contributed by atoms with E-state index in [-0.39, 0.29) is 17.5 Å². The highest BCUT2D eigenvalue weighted by molar-refractivity contribution is 9.10. The van der Waals surface area contributed by atoms with Crippen molar-refractivity contribution >= 4 is 27.0 Å². The molecule has 0 saturated carbocycles. The predicted molar refractivity (Wildman–Crippen MR) is 83.9 cm³/mol. The molecule has 21 heavy (non-hydrogen) atoms. The first-order chi connectivity index (χ1) is 10.1. The summed E-state index contributed by atoms with van der Waals surface area (Å²) in [5, 5.41) is 3.21. The smallest absolute Gasteiger partial charge is 0.309 e. The average Bonchev–Trinajstić information content (AvgIpc) is 2.83. The molecule has 1 atom stereocenters. The number of nitrogens with one attached hydrogen (secondary N) is 3. The number of halogens is 2. The molecule has 3 N–H and O–H groups in total. The second-order valence-electron chi connectivity index (χ2n) is 4.78. The van der Waals surface area contributed by atoms with E-state index in [0.29, 0.717) is 4.47 Å². The minimum Gasteiger partial charge on any atom is -0.309 e. The van der Waals surface area contributed by atoms with Crippen molar-refractivity contribution < 1.29 is 4.39 Å². The number of fused-ring (bicyclic) bond motifs is 1. The number of hydrogen-bond acceptors (Lipinski definition) is 2. The van der Waals surface area contributed by atoms with Crippen molar-refractivity contribution in [1.29, 1.82) is 0 Å². The van der Waals surface area contributed by atoms with Crippen molar-refractivity contribution in [2.24, 2.45) is 0 Å². The number of benzene rings is 2. The molecule has 1 aromatic heterocycles. The molecule has 0 bridgehead atoms. The van der Waals surface area contributed by atoms with Gasteiger partial charge in [-0.3, -0.25) is 0 Å². The first-order valence-corrected chi connectivity index (χ1v) is 7.22. The van der Waals surface area contributed by atoms with Crippen molar-refractivity contribution in [2.45, 2.75) is 6.04 Å². The summed E-state index contributed by atoms with van der Waals surface area (Å²) in [6.07, 6.45) is 0. The Labute approximate surface area is 128 Å². The van der Waals surface area contributed by atoms with Crippen LogP contribution in [0.3, 0.4) is 0 Å². The van der Waals surface area contributed by atoms with Gasteiger partial charge in [0.2, 0.25) is 0 Å². The topological polar surface area (TPSA) is 60.7 Å². The fourth-order valence-corrected chi connectivity index (χ4v) is 2.84. The van der Waals surface area contributed by atoms with Gasteiger partial charge in [0.15, 0.2) is 0 Å². The van der Waals surface area contributed by atoms with E-state index < -0.39 is 0 Å². The van der Waals surface area contributed by atoms with Gasteiger partial charge >= 0.3 is 5.69 Å². The van der Waals surface area contributed by atoms with Gasteiger partial charge < -0.3 is 15.3 Å². The van der Waals surface area contributed by atoms with Gasteiger partial charge in [-0.05, 0) is 58.4 Å². The summed E-state index contributed by atoms with van der Waals surface area (Å²) in [5.41, 5.74) is 3.20. The highest BCUT2D eigenvalue weighted by atomic mass is 79.9. The molecule has 0 aliphatic heterocycles. The molecule has 0 saturated heterocycles. The molecule has 0 radical (unpaired) electrons. The third-order valence-electron chi connectivity index (χ3n) is 3.44. The summed E-state index contributed by atoms with van der Waals surface area (Å²) in [6, 6.07) is 10.5. The van der Waals surface area contributed by atoms with Crippen LogP contribution in [0.1, 0.15) is 17.2 Å². The van der Waals surface area contributed by atoms with Gasteiger partial charge in [-0.15, -0.1) is 0 Å². The van der Waals surface area contributed by atoms with E-state index >= 15 is 0 Å². The van der Waals surface area contributed by atoms with Crippen molar-refractivity contribution in [2.75, 3.05) is 7.05 Å². The highest BCUT2D eigenvalue weighted by Crippen LogP contribution is 2.27. The Morgan fingerprint density at radius 2 is 1.76 bits per heavy atom. The van der Waals surface area contributed by atoms with E-state index in [1.165, 1.54) is 6.07 Å². The maximum absolute atomic E-state index is 13.4. The third kappa shape index (κ3) is 2.64. The largest absolute Gasteiger partial charge is 0.323 e. The lowest BCUT2D eigenvalue weighted by Gasteiger charge is -2.17. The fraction of sp³-hybridized carbons (Fsp3) is 0.133. The van der Waals surface area contributed by atoms with Crippen LogP contribution in [-0.4, -0.2) is 17.0 Å². The summed E-state index contributed by atoms with van der Waals surface area (Å²) in [6.45, 7) is 0. The van der Waals surface area contributed by atoms with Crippen molar-refractivity contribution in [3.63, 3.8) is 0 Å². The molecule has 0 aliphatic rings. The molecule has 1 heterocycles. The molecular weight excluding hydrogens is 337 g/mol. The quantitative estimate of drug-likeness (QED) is 0.680. The lowest BCUT2D eigenvalue weighted by atomic mass is 9.98. The normalized spacial score (nSPS) is 12.7. The lowest BCUT2D eigenvalue weighted by Crippen LogP contribution is -2.17. The van der Waals surface area contributed by atoms with Gasteiger partial charge in [-0.2, -0.15) is 0 Å². The molecule has 108 valence electrons. The van der Waals surface area contributed by atoms with E-state index in [1.807, 2.05) is 25.2 Å². The van der Waals surface area contributed by atoms with Crippen molar-refractivity contribution in [3.8, 4) is 0 Å². The Balaban J connectivity index is 2.08. The molecule has 0 fully saturated rings. The van der Waals surface area contributed by atoms with Crippen LogP contribution in [0.4, 0.5) is 4.39 Å². The van der Waals surface area contributed by atoms with Gasteiger partial charge in [-0.25, -0.2) is 9.18 Å². The summed E-state index contributed by atoms with van der Waals surface area (Å²) < 4.78 is 13.8. The fourth-order valence-electron chi connectivity index (χ4n) is 2.45. The van der Waals surface area contributed by atoms with Crippen LogP contribution in [0.2, 0.25) is 0 Å². The van der Waals surface area contributed by atoms with Crippen LogP contribution in [0.25, 0.3) is 11.0 Å². The van der Waals surface area contributed by atoms with E-state index in [4.69, 9.17) is 0 Å². The number of hydrogen-bond donors (Lipinski definition) is 3. The van der Waals surface area contributed by atoms with E-state index in [9.17, 15) is 9.18 Å². The molecular formula is C15H13BrFN3O. The zero-order valence-corrected chi connectivity index (χ0v) is 12.8. The molecule has 0 amide bonds. The lowest BCUT2D eigenvalue weighted by molar-refractivity contribution is 0.616. The summed E-state index contributed by atoms with van der Waals surface area (Å²) in [4.78, 5) is 16.8. The molecule has 2 aromatic carbocycles. The number of H-pyrrole nitrogens is 2. The predicted octanol–water partition coefficient (Wildman–Crippen LogP) is 3.07. The number of aromatic nitrogens is 2. The van der Waals surface area contributed by atoms with Gasteiger partial charge in [0.1, 0.15) is 5.82 Å². The standard InChI is InChI=1S/C15H13BrFN3O/c1-18-14(8-2-4-11(17)10(16)6-8)9-3-5-12-13(7-9)20-15(21)19-12/h2-7,14,18H,1H3,(H2,19,20,21). The maximum atomic E-state index is 13.4.